The van der Waals surface area contributed by atoms with Crippen molar-refractivity contribution in [1.29, 1.82) is 0 Å². The summed E-state index contributed by atoms with van der Waals surface area (Å²) in [5, 5.41) is 9.13. The van der Waals surface area contributed by atoms with Gasteiger partial charge in [0.2, 0.25) is 0 Å². The Balaban J connectivity index is 2.50. The molecule has 0 radical (unpaired) electrons. The third-order valence-corrected chi connectivity index (χ3v) is 1.62. The van der Waals surface area contributed by atoms with Crippen molar-refractivity contribution in [1.82, 2.24) is 15.5 Å². The Kier molecular flexibility index (Phi) is 1.00. The first-order chi connectivity index (χ1) is 4.88. The number of carbonyl (C=O) groups is 1. The average molecular weight is 137 g/mol. The van der Waals surface area contributed by atoms with Gasteiger partial charge in [-0.25, -0.2) is 0 Å². The molecule has 0 saturated heterocycles. The van der Waals surface area contributed by atoms with Crippen LogP contribution in [0.25, 0.3) is 0 Å². The zero-order chi connectivity index (χ0) is 6.97. The van der Waals surface area contributed by atoms with E-state index in [1.165, 1.54) is 0 Å². The third kappa shape index (κ3) is 0.618. The van der Waals surface area contributed by atoms with Crippen LogP contribution in [0.5, 0.6) is 0 Å². The van der Waals surface area contributed by atoms with Gasteiger partial charge in [0, 0.05) is 12.1 Å². The number of H-pyrrole nitrogens is 1. The Labute approximate surface area is 57.6 Å². The topological polar surface area (TPSA) is 57.8 Å². The highest BCUT2D eigenvalue weighted by Gasteiger charge is 2.17. The third-order valence-electron chi connectivity index (χ3n) is 1.62. The van der Waals surface area contributed by atoms with Gasteiger partial charge in [-0.15, -0.1) is 0 Å². The molecule has 2 rings (SSSR count). The number of nitrogens with zero attached hydrogens (tertiary/aromatic N) is 1. The second kappa shape index (κ2) is 1.83. The molecule has 1 aliphatic heterocycles. The number of aromatic amines is 1. The largest absolute Gasteiger partial charge is 0.350 e. The molecule has 0 aliphatic carbocycles. The van der Waals surface area contributed by atoms with Gasteiger partial charge in [0.05, 0.1) is 6.20 Å². The number of nitrogens with one attached hydrogen (secondary N) is 2. The first-order valence-electron chi connectivity index (χ1n) is 3.18. The van der Waals surface area contributed by atoms with E-state index in [4.69, 9.17) is 0 Å². The summed E-state index contributed by atoms with van der Waals surface area (Å²) in [7, 11) is 0. The summed E-state index contributed by atoms with van der Waals surface area (Å²) >= 11 is 0. The lowest BCUT2D eigenvalue weighted by Crippen LogP contribution is -2.31. The second-order valence-electron chi connectivity index (χ2n) is 2.28. The van der Waals surface area contributed by atoms with Crippen molar-refractivity contribution in [2.45, 2.75) is 6.42 Å². The molecule has 1 aromatic rings. The molecule has 0 bridgehead atoms. The summed E-state index contributed by atoms with van der Waals surface area (Å²) in [6, 6.07) is 0. The first kappa shape index (κ1) is 5.46. The van der Waals surface area contributed by atoms with Crippen molar-refractivity contribution < 1.29 is 4.79 Å². The number of amides is 1. The molecule has 0 unspecified atom stereocenters. The van der Waals surface area contributed by atoms with Crippen LogP contribution >= 0.6 is 0 Å². The minimum absolute atomic E-state index is 0.0428. The maximum atomic E-state index is 11.0. The van der Waals surface area contributed by atoms with Crippen LogP contribution in [-0.2, 0) is 6.42 Å². The predicted molar refractivity (Wildman–Crippen MR) is 34.6 cm³/mol. The van der Waals surface area contributed by atoms with Crippen LogP contribution in [0.4, 0.5) is 0 Å². The smallest absolute Gasteiger partial charge is 0.269 e. The molecule has 4 nitrogen and oxygen atoms in total. The van der Waals surface area contributed by atoms with Crippen LogP contribution in [0.15, 0.2) is 6.20 Å². The van der Waals surface area contributed by atoms with Gasteiger partial charge in [0.1, 0.15) is 5.69 Å². The fourth-order valence-corrected chi connectivity index (χ4v) is 1.10. The van der Waals surface area contributed by atoms with Gasteiger partial charge < -0.3 is 5.32 Å². The Morgan fingerprint density at radius 2 is 2.50 bits per heavy atom. The molecule has 0 spiro atoms. The highest BCUT2D eigenvalue weighted by Crippen LogP contribution is 2.08. The van der Waals surface area contributed by atoms with E-state index in [1.54, 1.807) is 6.20 Å². The molecule has 0 saturated carbocycles. The molecule has 0 fully saturated rings. The Morgan fingerprint density at radius 3 is 3.30 bits per heavy atom. The van der Waals surface area contributed by atoms with Crippen LogP contribution in [0.2, 0.25) is 0 Å². The number of rotatable bonds is 0. The van der Waals surface area contributed by atoms with E-state index in [0.29, 0.717) is 5.69 Å². The lowest BCUT2D eigenvalue weighted by molar-refractivity contribution is 0.0941. The lowest BCUT2D eigenvalue weighted by atomic mass is 10.1. The summed E-state index contributed by atoms with van der Waals surface area (Å²) in [5.41, 5.74) is 1.63. The maximum absolute atomic E-state index is 11.0. The van der Waals surface area contributed by atoms with Crippen LogP contribution in [-0.4, -0.2) is 22.6 Å². The summed E-state index contributed by atoms with van der Waals surface area (Å²) < 4.78 is 0. The van der Waals surface area contributed by atoms with Gasteiger partial charge in [-0.05, 0) is 6.42 Å². The van der Waals surface area contributed by atoms with Crippen molar-refractivity contribution >= 4 is 5.91 Å². The molecule has 1 aromatic heterocycles. The molecule has 2 N–H and O–H groups in total. The number of fused-ring (bicyclic) bond motifs is 1. The van der Waals surface area contributed by atoms with E-state index in [2.05, 4.69) is 15.5 Å². The van der Waals surface area contributed by atoms with Crippen LogP contribution < -0.4 is 5.32 Å². The number of hydrogen-bond donors (Lipinski definition) is 2. The fourth-order valence-electron chi connectivity index (χ4n) is 1.10. The first-order valence-corrected chi connectivity index (χ1v) is 3.18. The van der Waals surface area contributed by atoms with Crippen LogP contribution in [0.1, 0.15) is 16.1 Å². The molecular formula is C6H7N3O. The van der Waals surface area contributed by atoms with Crippen LogP contribution in [0, 0.1) is 0 Å². The number of aromatic nitrogens is 2. The van der Waals surface area contributed by atoms with Gasteiger partial charge in [-0.2, -0.15) is 5.10 Å². The summed E-state index contributed by atoms with van der Waals surface area (Å²) in [6.45, 7) is 0.728. The molecule has 4 heteroatoms. The molecule has 10 heavy (non-hydrogen) atoms. The van der Waals surface area contributed by atoms with Gasteiger partial charge in [0.15, 0.2) is 0 Å². The van der Waals surface area contributed by atoms with E-state index in [9.17, 15) is 4.79 Å². The summed E-state index contributed by atoms with van der Waals surface area (Å²) in [4.78, 5) is 11.0. The van der Waals surface area contributed by atoms with E-state index in [1.807, 2.05) is 0 Å². The van der Waals surface area contributed by atoms with E-state index >= 15 is 0 Å². The van der Waals surface area contributed by atoms with Gasteiger partial charge in [0.25, 0.3) is 5.91 Å². The maximum Gasteiger partial charge on any atom is 0.269 e. The van der Waals surface area contributed by atoms with Crippen molar-refractivity contribution in [2.75, 3.05) is 6.54 Å². The van der Waals surface area contributed by atoms with E-state index < -0.39 is 0 Å². The average Bonchev–Trinajstić information content (AvgIpc) is 2.36. The SMILES string of the molecule is O=C1NCCc2cn[nH]c21. The van der Waals surface area contributed by atoms with Gasteiger partial charge in [-0.1, -0.05) is 0 Å². The predicted octanol–water partition coefficient (Wildman–Crippen LogP) is -0.304. The van der Waals surface area contributed by atoms with Crippen molar-refractivity contribution in [3.05, 3.63) is 17.5 Å². The van der Waals surface area contributed by atoms with Gasteiger partial charge >= 0.3 is 0 Å². The van der Waals surface area contributed by atoms with E-state index in [0.717, 1.165) is 18.5 Å². The highest BCUT2D eigenvalue weighted by atomic mass is 16.2. The molecule has 1 amide bonds. The van der Waals surface area contributed by atoms with Gasteiger partial charge in [-0.3, -0.25) is 9.89 Å². The Morgan fingerprint density at radius 1 is 1.60 bits per heavy atom. The molecule has 52 valence electrons. The lowest BCUT2D eigenvalue weighted by Gasteiger charge is -2.09. The molecule has 1 aliphatic rings. The number of hydrogen-bond acceptors (Lipinski definition) is 2. The molecule has 0 aromatic carbocycles. The normalized spacial score (nSPS) is 16.2. The monoisotopic (exact) mass is 137 g/mol. The zero-order valence-corrected chi connectivity index (χ0v) is 5.35. The van der Waals surface area contributed by atoms with Crippen molar-refractivity contribution in [3.8, 4) is 0 Å². The molecule has 2 heterocycles. The fraction of sp³-hybridized carbons (Fsp3) is 0.333. The Bertz CT molecular complexity index is 266. The van der Waals surface area contributed by atoms with Crippen LogP contribution in [0.3, 0.4) is 0 Å². The quantitative estimate of drug-likeness (QED) is 0.515. The summed E-state index contributed by atoms with van der Waals surface area (Å²) in [5.74, 6) is -0.0428. The van der Waals surface area contributed by atoms with Crippen molar-refractivity contribution in [3.63, 3.8) is 0 Å². The zero-order valence-electron chi connectivity index (χ0n) is 5.35. The highest BCUT2D eigenvalue weighted by molar-refractivity contribution is 5.94. The number of carbonyl (C=O) groups excluding carboxylic acids is 1. The minimum atomic E-state index is -0.0428. The molecule has 0 atom stereocenters. The van der Waals surface area contributed by atoms with Crippen molar-refractivity contribution in [2.24, 2.45) is 0 Å². The Hall–Kier alpha value is -1.32. The summed E-state index contributed by atoms with van der Waals surface area (Å²) in [6.07, 6.45) is 2.59. The minimum Gasteiger partial charge on any atom is -0.350 e. The molecular weight excluding hydrogens is 130 g/mol. The standard InChI is InChI=1S/C6H7N3O/c10-6-5-4(1-2-7-6)3-8-9-5/h3H,1-2H2,(H,7,10)(H,8,9). The second-order valence-corrected chi connectivity index (χ2v) is 2.28. The van der Waals surface area contributed by atoms with E-state index in [-0.39, 0.29) is 5.91 Å².